The molecule has 1 aromatic carbocycles. The van der Waals surface area contributed by atoms with Crippen molar-refractivity contribution < 1.29 is 19.8 Å². The Kier molecular flexibility index (Phi) is 4.71. The van der Waals surface area contributed by atoms with Crippen molar-refractivity contribution >= 4 is 34.7 Å². The number of aryl methyl sites for hydroxylation is 1. The molecule has 0 saturated carbocycles. The van der Waals surface area contributed by atoms with Crippen molar-refractivity contribution in [2.24, 2.45) is 7.05 Å². The van der Waals surface area contributed by atoms with Gasteiger partial charge in [0, 0.05) is 23.9 Å². The molecule has 0 radical (unpaired) electrons. The molecular weight excluding hydrogens is 396 g/mol. The van der Waals surface area contributed by atoms with E-state index in [1.807, 2.05) is 24.3 Å². The van der Waals surface area contributed by atoms with Crippen molar-refractivity contribution in [2.75, 3.05) is 12.3 Å². The van der Waals surface area contributed by atoms with Crippen LogP contribution in [0.5, 0.6) is 5.75 Å². The summed E-state index contributed by atoms with van der Waals surface area (Å²) in [5.74, 6) is -1.57. The Morgan fingerprint density at radius 1 is 1.34 bits per heavy atom. The number of pyridine rings is 1. The van der Waals surface area contributed by atoms with Crippen molar-refractivity contribution in [3.05, 3.63) is 57.8 Å². The van der Waals surface area contributed by atoms with Crippen molar-refractivity contribution in [3.63, 3.8) is 0 Å². The van der Waals surface area contributed by atoms with Crippen LogP contribution in [0.4, 0.5) is 0 Å². The number of carbonyl (C=O) groups excluding carboxylic acids is 1. The minimum Gasteiger partial charge on any atom is -0.506 e. The number of carboxylic acids is 1. The van der Waals surface area contributed by atoms with Gasteiger partial charge in [0.25, 0.3) is 11.5 Å². The Morgan fingerprint density at radius 3 is 2.86 bits per heavy atom. The van der Waals surface area contributed by atoms with E-state index in [-0.39, 0.29) is 17.0 Å². The summed E-state index contributed by atoms with van der Waals surface area (Å²) in [6, 6.07) is 7.96. The van der Waals surface area contributed by atoms with Gasteiger partial charge in [-0.05, 0) is 11.6 Å². The van der Waals surface area contributed by atoms with E-state index in [0.29, 0.717) is 5.82 Å². The van der Waals surface area contributed by atoms with Gasteiger partial charge < -0.3 is 15.5 Å². The van der Waals surface area contributed by atoms with E-state index in [4.69, 9.17) is 5.11 Å². The molecule has 1 unspecified atom stereocenters. The first kappa shape index (κ1) is 18.9. The number of carboxylic acid groups (broad SMARTS) is 1. The van der Waals surface area contributed by atoms with Crippen molar-refractivity contribution in [3.8, 4) is 5.75 Å². The second-order valence-electron chi connectivity index (χ2n) is 6.53. The maximum absolute atomic E-state index is 12.7. The number of carbonyl (C=O) groups is 2. The number of aromatic nitrogens is 3. The molecular formula is C19H16N4O5S. The number of amides is 1. The molecule has 0 bridgehead atoms. The largest absolute Gasteiger partial charge is 0.506 e. The maximum Gasteiger partial charge on any atom is 0.322 e. The number of thioether (sulfide) groups is 1. The first-order valence-electron chi connectivity index (χ1n) is 8.68. The van der Waals surface area contributed by atoms with Gasteiger partial charge in [-0.25, -0.2) is 9.97 Å². The van der Waals surface area contributed by atoms with Crippen molar-refractivity contribution in [2.45, 2.75) is 10.8 Å². The summed E-state index contributed by atoms with van der Waals surface area (Å²) in [7, 11) is 1.44. The molecule has 29 heavy (non-hydrogen) atoms. The van der Waals surface area contributed by atoms with Crippen LogP contribution in [0.15, 0.2) is 40.2 Å². The van der Waals surface area contributed by atoms with E-state index in [0.717, 1.165) is 20.8 Å². The van der Waals surface area contributed by atoms with Gasteiger partial charge in [0.05, 0.1) is 11.3 Å². The highest BCUT2D eigenvalue weighted by Crippen LogP contribution is 2.42. The standard InChI is InChI=1S/C19H16N4O5S/c1-23-17-10(15(26)14(19(23)28)18(27)21-7-13(24)25)6-20-16(22-17)11-8-29-12-5-3-2-4-9(11)12/h2-6,11,26H,7-8H2,1H3,(H,21,27)(H,24,25). The van der Waals surface area contributed by atoms with Gasteiger partial charge in [-0.2, -0.15) is 0 Å². The number of nitrogens with zero attached hydrogens (tertiary/aromatic N) is 3. The van der Waals surface area contributed by atoms with Crippen LogP contribution < -0.4 is 10.9 Å². The van der Waals surface area contributed by atoms with Gasteiger partial charge in [0.15, 0.2) is 0 Å². The van der Waals surface area contributed by atoms with Crippen LogP contribution in [0, 0.1) is 0 Å². The summed E-state index contributed by atoms with van der Waals surface area (Å²) in [6.07, 6.45) is 1.38. The van der Waals surface area contributed by atoms with E-state index in [9.17, 15) is 19.5 Å². The Balaban J connectivity index is 1.80. The quantitative estimate of drug-likeness (QED) is 0.580. The van der Waals surface area contributed by atoms with Crippen LogP contribution in [0.3, 0.4) is 0 Å². The number of aliphatic carboxylic acids is 1. The number of fused-ring (bicyclic) bond motifs is 2. The number of rotatable bonds is 4. The lowest BCUT2D eigenvalue weighted by atomic mass is 10.0. The highest BCUT2D eigenvalue weighted by molar-refractivity contribution is 7.99. The third-order valence-electron chi connectivity index (χ3n) is 4.75. The number of hydrogen-bond donors (Lipinski definition) is 3. The van der Waals surface area contributed by atoms with Gasteiger partial charge in [-0.15, -0.1) is 11.8 Å². The third-order valence-corrected chi connectivity index (χ3v) is 5.94. The number of hydrogen-bond acceptors (Lipinski definition) is 7. The maximum atomic E-state index is 12.7. The van der Waals surface area contributed by atoms with Crippen molar-refractivity contribution in [1.29, 1.82) is 0 Å². The molecule has 10 heteroatoms. The van der Waals surface area contributed by atoms with Crippen LogP contribution in [-0.2, 0) is 11.8 Å². The Hall–Kier alpha value is -3.40. The Labute approximate surface area is 168 Å². The molecule has 3 N–H and O–H groups in total. The molecule has 0 fully saturated rings. The number of nitrogens with one attached hydrogen (secondary N) is 1. The minimum atomic E-state index is -1.27. The molecule has 0 saturated heterocycles. The third kappa shape index (κ3) is 3.21. The average Bonchev–Trinajstić information content (AvgIpc) is 3.14. The lowest BCUT2D eigenvalue weighted by Gasteiger charge is -2.14. The first-order chi connectivity index (χ1) is 13.9. The molecule has 3 heterocycles. The summed E-state index contributed by atoms with van der Waals surface area (Å²) in [6.45, 7) is -0.673. The summed E-state index contributed by atoms with van der Waals surface area (Å²) in [5.41, 5.74) is -0.0134. The van der Waals surface area contributed by atoms with Crippen LogP contribution in [0.1, 0.15) is 27.7 Å². The van der Waals surface area contributed by atoms with E-state index in [1.165, 1.54) is 13.2 Å². The van der Waals surface area contributed by atoms with Crippen molar-refractivity contribution in [1.82, 2.24) is 19.9 Å². The zero-order valence-electron chi connectivity index (χ0n) is 15.2. The molecule has 1 aliphatic heterocycles. The Morgan fingerprint density at radius 2 is 2.10 bits per heavy atom. The fourth-order valence-electron chi connectivity index (χ4n) is 3.30. The molecule has 1 atom stereocenters. The van der Waals surface area contributed by atoms with Crippen LogP contribution in [0.2, 0.25) is 0 Å². The monoisotopic (exact) mass is 412 g/mol. The minimum absolute atomic E-state index is 0.0450. The molecule has 4 rings (SSSR count). The zero-order chi connectivity index (χ0) is 20.7. The van der Waals surface area contributed by atoms with Gasteiger partial charge in [-0.3, -0.25) is 19.0 Å². The molecule has 1 amide bonds. The van der Waals surface area contributed by atoms with Gasteiger partial charge in [0.2, 0.25) is 0 Å². The fraction of sp³-hybridized carbons (Fsp3) is 0.211. The van der Waals surface area contributed by atoms with Crippen LogP contribution in [0.25, 0.3) is 11.0 Å². The van der Waals surface area contributed by atoms with Gasteiger partial charge >= 0.3 is 5.97 Å². The number of aromatic hydroxyl groups is 1. The molecule has 0 aliphatic carbocycles. The molecule has 2 aromatic heterocycles. The average molecular weight is 412 g/mol. The molecule has 9 nitrogen and oxygen atoms in total. The summed E-state index contributed by atoms with van der Waals surface area (Å²) in [5, 5.41) is 21.4. The number of benzene rings is 1. The molecule has 1 aliphatic rings. The highest BCUT2D eigenvalue weighted by atomic mass is 32.2. The van der Waals surface area contributed by atoms with Gasteiger partial charge in [0.1, 0.15) is 29.3 Å². The predicted octanol–water partition coefficient (Wildman–Crippen LogP) is 1.09. The van der Waals surface area contributed by atoms with Crippen LogP contribution in [-0.4, -0.2) is 48.9 Å². The zero-order valence-corrected chi connectivity index (χ0v) is 16.1. The second-order valence-corrected chi connectivity index (χ2v) is 7.59. The van der Waals surface area contributed by atoms with Gasteiger partial charge in [-0.1, -0.05) is 18.2 Å². The van der Waals surface area contributed by atoms with E-state index in [2.05, 4.69) is 15.3 Å². The Bertz CT molecular complexity index is 1220. The lowest BCUT2D eigenvalue weighted by molar-refractivity contribution is -0.135. The molecule has 3 aromatic rings. The van der Waals surface area contributed by atoms with E-state index < -0.39 is 35.3 Å². The smallest absolute Gasteiger partial charge is 0.322 e. The second kappa shape index (κ2) is 7.21. The fourth-order valence-corrected chi connectivity index (χ4v) is 4.53. The molecule has 0 spiro atoms. The summed E-state index contributed by atoms with van der Waals surface area (Å²) < 4.78 is 1.16. The first-order valence-corrected chi connectivity index (χ1v) is 9.67. The normalized spacial score (nSPS) is 15.3. The van der Waals surface area contributed by atoms with E-state index >= 15 is 0 Å². The van der Waals surface area contributed by atoms with E-state index in [1.54, 1.807) is 11.8 Å². The summed E-state index contributed by atoms with van der Waals surface area (Å²) >= 11 is 1.70. The summed E-state index contributed by atoms with van der Waals surface area (Å²) in [4.78, 5) is 45.5. The highest BCUT2D eigenvalue weighted by Gasteiger charge is 2.28. The lowest BCUT2D eigenvalue weighted by Crippen LogP contribution is -2.35. The SMILES string of the molecule is Cn1c(=O)c(C(=O)NCC(=O)O)c(O)c2cnc(C3CSc4ccccc43)nc21. The van der Waals surface area contributed by atoms with Crippen LogP contribution >= 0.6 is 11.8 Å². The topological polar surface area (TPSA) is 134 Å². The molecule has 148 valence electrons. The predicted molar refractivity (Wildman–Crippen MR) is 105 cm³/mol.